The number of amides is 2. The second-order valence-corrected chi connectivity index (χ2v) is 6.63. The standard InChI is InChI=1S/C21H19FN4O2/c1-14-15(13-23-26(14)18-9-4-2-7-16(18)22)21(28)24-17-8-3-5-10-19(17)25-12-6-11-20(25)27/h2-5,7-10,13H,6,11-12H2,1H3,(H,24,28). The van der Waals surface area contributed by atoms with E-state index in [0.717, 1.165) is 6.42 Å². The van der Waals surface area contributed by atoms with E-state index in [0.29, 0.717) is 35.6 Å². The molecule has 0 saturated carbocycles. The highest BCUT2D eigenvalue weighted by atomic mass is 19.1. The van der Waals surface area contributed by atoms with Gasteiger partial charge in [0.1, 0.15) is 11.5 Å². The molecule has 3 aromatic rings. The highest BCUT2D eigenvalue weighted by Crippen LogP contribution is 2.30. The Bertz CT molecular complexity index is 1060. The van der Waals surface area contributed by atoms with Gasteiger partial charge in [-0.15, -0.1) is 0 Å². The normalized spacial score (nSPS) is 13.8. The number of carbonyl (C=O) groups excluding carboxylic acids is 2. The predicted molar refractivity (Wildman–Crippen MR) is 104 cm³/mol. The average molecular weight is 378 g/mol. The largest absolute Gasteiger partial charge is 0.320 e. The van der Waals surface area contributed by atoms with Gasteiger partial charge in [-0.25, -0.2) is 9.07 Å². The minimum absolute atomic E-state index is 0.0465. The molecule has 1 aliphatic rings. The Morgan fingerprint density at radius 3 is 2.54 bits per heavy atom. The van der Waals surface area contributed by atoms with Crippen LogP contribution in [0, 0.1) is 12.7 Å². The number of halogens is 1. The maximum atomic E-state index is 14.1. The molecule has 142 valence electrons. The first kappa shape index (κ1) is 17.9. The van der Waals surface area contributed by atoms with Gasteiger partial charge in [0.25, 0.3) is 5.91 Å². The van der Waals surface area contributed by atoms with Crippen molar-refractivity contribution >= 4 is 23.2 Å². The Balaban J connectivity index is 1.63. The number of nitrogens with one attached hydrogen (secondary N) is 1. The molecule has 1 fully saturated rings. The second kappa shape index (κ2) is 7.26. The third-order valence-electron chi connectivity index (χ3n) is 4.85. The summed E-state index contributed by atoms with van der Waals surface area (Å²) in [5.74, 6) is -0.733. The first-order chi connectivity index (χ1) is 13.6. The van der Waals surface area contributed by atoms with E-state index in [9.17, 15) is 14.0 Å². The van der Waals surface area contributed by atoms with Crippen molar-refractivity contribution in [2.45, 2.75) is 19.8 Å². The van der Waals surface area contributed by atoms with Crippen LogP contribution in [0.1, 0.15) is 28.9 Å². The van der Waals surface area contributed by atoms with Crippen LogP contribution in [0.5, 0.6) is 0 Å². The smallest absolute Gasteiger partial charge is 0.259 e. The van der Waals surface area contributed by atoms with Gasteiger partial charge in [0.05, 0.1) is 28.8 Å². The molecule has 1 N–H and O–H groups in total. The number of hydrogen-bond acceptors (Lipinski definition) is 3. The molecular weight excluding hydrogens is 359 g/mol. The maximum absolute atomic E-state index is 14.1. The van der Waals surface area contributed by atoms with E-state index in [4.69, 9.17) is 0 Å². The molecule has 0 bridgehead atoms. The summed E-state index contributed by atoms with van der Waals surface area (Å²) < 4.78 is 15.5. The fourth-order valence-corrected chi connectivity index (χ4v) is 3.41. The zero-order chi connectivity index (χ0) is 19.7. The number of nitrogens with zero attached hydrogens (tertiary/aromatic N) is 3. The van der Waals surface area contributed by atoms with Gasteiger partial charge >= 0.3 is 0 Å². The molecule has 1 aliphatic heterocycles. The van der Waals surface area contributed by atoms with E-state index in [1.165, 1.54) is 16.9 Å². The number of aromatic nitrogens is 2. The average Bonchev–Trinajstić information content (AvgIpc) is 3.28. The lowest BCUT2D eigenvalue weighted by Crippen LogP contribution is -2.25. The number of hydrogen-bond donors (Lipinski definition) is 1. The van der Waals surface area contributed by atoms with Crippen LogP contribution in [0.15, 0.2) is 54.7 Å². The van der Waals surface area contributed by atoms with Crippen molar-refractivity contribution in [3.05, 3.63) is 71.8 Å². The monoisotopic (exact) mass is 378 g/mol. The summed E-state index contributed by atoms with van der Waals surface area (Å²) in [4.78, 5) is 26.6. The summed E-state index contributed by atoms with van der Waals surface area (Å²) in [6.45, 7) is 2.35. The van der Waals surface area contributed by atoms with Gasteiger partial charge in [0.2, 0.25) is 5.91 Å². The highest BCUT2D eigenvalue weighted by Gasteiger charge is 2.25. The number of rotatable bonds is 4. The molecule has 7 heteroatoms. The van der Waals surface area contributed by atoms with Crippen molar-refractivity contribution in [3.63, 3.8) is 0 Å². The van der Waals surface area contributed by atoms with Crippen LogP contribution in [0.3, 0.4) is 0 Å². The van der Waals surface area contributed by atoms with Gasteiger partial charge in [-0.2, -0.15) is 5.10 Å². The predicted octanol–water partition coefficient (Wildman–Crippen LogP) is 3.70. The fraction of sp³-hybridized carbons (Fsp3) is 0.190. The van der Waals surface area contributed by atoms with Crippen molar-refractivity contribution in [1.82, 2.24) is 9.78 Å². The number of carbonyl (C=O) groups is 2. The molecule has 0 spiro atoms. The molecule has 28 heavy (non-hydrogen) atoms. The van der Waals surface area contributed by atoms with Crippen LogP contribution < -0.4 is 10.2 Å². The Morgan fingerprint density at radius 1 is 1.11 bits per heavy atom. The van der Waals surface area contributed by atoms with Gasteiger partial charge in [0, 0.05) is 13.0 Å². The minimum Gasteiger partial charge on any atom is -0.320 e. The molecule has 1 aromatic heterocycles. The van der Waals surface area contributed by atoms with Gasteiger partial charge in [0.15, 0.2) is 0 Å². The molecular formula is C21H19FN4O2. The third kappa shape index (κ3) is 3.15. The van der Waals surface area contributed by atoms with Gasteiger partial charge in [-0.1, -0.05) is 24.3 Å². The number of benzene rings is 2. The van der Waals surface area contributed by atoms with Crippen LogP contribution in [-0.2, 0) is 4.79 Å². The molecule has 2 heterocycles. The summed E-state index contributed by atoms with van der Waals surface area (Å²) in [6.07, 6.45) is 2.73. The molecule has 0 atom stereocenters. The highest BCUT2D eigenvalue weighted by molar-refractivity contribution is 6.08. The van der Waals surface area contributed by atoms with Gasteiger partial charge in [-0.3, -0.25) is 9.59 Å². The van der Waals surface area contributed by atoms with Crippen LogP contribution in [0.25, 0.3) is 5.69 Å². The van der Waals surface area contributed by atoms with E-state index in [1.54, 1.807) is 42.2 Å². The molecule has 2 amide bonds. The molecule has 2 aromatic carbocycles. The van der Waals surface area contributed by atoms with Crippen molar-refractivity contribution < 1.29 is 14.0 Å². The summed E-state index contributed by atoms with van der Waals surface area (Å²) in [5, 5.41) is 7.04. The molecule has 0 aliphatic carbocycles. The Hall–Kier alpha value is -3.48. The summed E-state index contributed by atoms with van der Waals surface area (Å²) in [6, 6.07) is 13.5. The first-order valence-corrected chi connectivity index (χ1v) is 9.06. The fourth-order valence-electron chi connectivity index (χ4n) is 3.41. The first-order valence-electron chi connectivity index (χ1n) is 9.06. The molecule has 0 unspecified atom stereocenters. The number of anilines is 2. The van der Waals surface area contributed by atoms with Crippen molar-refractivity contribution in [3.8, 4) is 5.69 Å². The van der Waals surface area contributed by atoms with E-state index in [2.05, 4.69) is 10.4 Å². The van der Waals surface area contributed by atoms with Crippen molar-refractivity contribution in [2.75, 3.05) is 16.8 Å². The third-order valence-corrected chi connectivity index (χ3v) is 4.85. The zero-order valence-corrected chi connectivity index (χ0v) is 15.4. The summed E-state index contributed by atoms with van der Waals surface area (Å²) in [5.41, 5.74) is 2.38. The molecule has 1 saturated heterocycles. The minimum atomic E-state index is -0.418. The Labute approximate surface area is 161 Å². The SMILES string of the molecule is Cc1c(C(=O)Nc2ccccc2N2CCCC2=O)cnn1-c1ccccc1F. The van der Waals surface area contributed by atoms with Crippen molar-refractivity contribution in [2.24, 2.45) is 0 Å². The lowest BCUT2D eigenvalue weighted by molar-refractivity contribution is -0.117. The van der Waals surface area contributed by atoms with Crippen molar-refractivity contribution in [1.29, 1.82) is 0 Å². The van der Waals surface area contributed by atoms with Gasteiger partial charge in [-0.05, 0) is 37.6 Å². The van der Waals surface area contributed by atoms with Crippen LogP contribution >= 0.6 is 0 Å². The van der Waals surface area contributed by atoms with Crippen LogP contribution in [0.4, 0.5) is 15.8 Å². The number of para-hydroxylation sites is 3. The van der Waals surface area contributed by atoms with E-state index >= 15 is 0 Å². The quantitative estimate of drug-likeness (QED) is 0.753. The Morgan fingerprint density at radius 2 is 1.82 bits per heavy atom. The van der Waals surface area contributed by atoms with E-state index in [1.807, 2.05) is 12.1 Å². The van der Waals surface area contributed by atoms with Gasteiger partial charge < -0.3 is 10.2 Å². The molecule has 0 radical (unpaired) electrons. The van der Waals surface area contributed by atoms with Crippen LogP contribution in [0.2, 0.25) is 0 Å². The Kier molecular flexibility index (Phi) is 4.65. The summed E-state index contributed by atoms with van der Waals surface area (Å²) in [7, 11) is 0. The lowest BCUT2D eigenvalue weighted by atomic mass is 10.2. The molecule has 6 nitrogen and oxygen atoms in total. The molecule has 4 rings (SSSR count). The lowest BCUT2D eigenvalue weighted by Gasteiger charge is -2.19. The zero-order valence-electron chi connectivity index (χ0n) is 15.4. The summed E-state index contributed by atoms with van der Waals surface area (Å²) >= 11 is 0. The van der Waals surface area contributed by atoms with E-state index < -0.39 is 5.82 Å². The topological polar surface area (TPSA) is 67.2 Å². The van der Waals surface area contributed by atoms with E-state index in [-0.39, 0.29) is 17.5 Å². The van der Waals surface area contributed by atoms with Crippen LogP contribution in [-0.4, -0.2) is 28.1 Å². The second-order valence-electron chi connectivity index (χ2n) is 6.63. The maximum Gasteiger partial charge on any atom is 0.259 e.